The van der Waals surface area contributed by atoms with Crippen LogP contribution in [0.3, 0.4) is 0 Å². The van der Waals surface area contributed by atoms with Gasteiger partial charge in [-0.1, -0.05) is 60.5 Å². The molecule has 0 heterocycles. The van der Waals surface area contributed by atoms with E-state index < -0.39 is 11.9 Å². The molecule has 0 amide bonds. The van der Waals surface area contributed by atoms with E-state index in [1.165, 1.54) is 14.2 Å². The lowest BCUT2D eigenvalue weighted by Crippen LogP contribution is -2.52. The van der Waals surface area contributed by atoms with Crippen molar-refractivity contribution in [2.45, 2.75) is 25.2 Å². The van der Waals surface area contributed by atoms with E-state index in [1.807, 2.05) is 37.3 Å². The van der Waals surface area contributed by atoms with Gasteiger partial charge in [-0.2, -0.15) is 0 Å². The largest absolute Gasteiger partial charge is 0.387 e. The maximum absolute atomic E-state index is 10.5. The van der Waals surface area contributed by atoms with Gasteiger partial charge in [-0.3, -0.25) is 0 Å². The van der Waals surface area contributed by atoms with E-state index in [9.17, 15) is 5.11 Å². The van der Waals surface area contributed by atoms with Crippen LogP contribution in [0, 0.1) is 11.8 Å². The number of ether oxygens (including phenoxy) is 2. The summed E-state index contributed by atoms with van der Waals surface area (Å²) in [7, 11) is 3.06. The van der Waals surface area contributed by atoms with Crippen molar-refractivity contribution in [2.24, 2.45) is 11.8 Å². The molecule has 116 valence electrons. The first-order chi connectivity index (χ1) is 9.97. The number of hydrogen-bond acceptors (Lipinski definition) is 3. The van der Waals surface area contributed by atoms with Gasteiger partial charge in [0, 0.05) is 26.1 Å². The molecule has 1 aromatic carbocycles. The second kappa shape index (κ2) is 6.67. The summed E-state index contributed by atoms with van der Waals surface area (Å²) in [6, 6.07) is 9.95. The van der Waals surface area contributed by atoms with E-state index in [2.05, 4.69) is 0 Å². The average Bonchev–Trinajstić information content (AvgIpc) is 2.52. The minimum atomic E-state index is -1.11. The zero-order chi connectivity index (χ0) is 15.6. The molecule has 3 unspecified atom stereocenters. The molecule has 21 heavy (non-hydrogen) atoms. The first-order valence-electron chi connectivity index (χ1n) is 6.85. The molecule has 0 saturated carbocycles. The van der Waals surface area contributed by atoms with Crippen molar-refractivity contribution in [3.63, 3.8) is 0 Å². The fraction of sp³-hybridized carbons (Fsp3) is 0.500. The highest BCUT2D eigenvalue weighted by atomic mass is 35.5. The van der Waals surface area contributed by atoms with Crippen LogP contribution in [0.4, 0.5) is 0 Å². The van der Waals surface area contributed by atoms with E-state index >= 15 is 0 Å². The molecule has 2 rings (SSSR count). The Kier molecular flexibility index (Phi) is 5.33. The van der Waals surface area contributed by atoms with Gasteiger partial charge in [-0.15, -0.1) is 0 Å². The van der Waals surface area contributed by atoms with Crippen LogP contribution < -0.4 is 0 Å². The maximum Gasteiger partial charge on any atom is 0.209 e. The third-order valence-electron chi connectivity index (χ3n) is 4.34. The molecule has 0 bridgehead atoms. The van der Waals surface area contributed by atoms with Gasteiger partial charge in [-0.25, -0.2) is 0 Å². The number of methoxy groups -OCH3 is 2. The highest BCUT2D eigenvalue weighted by Crippen LogP contribution is 2.48. The molecule has 0 fully saturated rings. The predicted octanol–water partition coefficient (Wildman–Crippen LogP) is 3.53. The van der Waals surface area contributed by atoms with Gasteiger partial charge < -0.3 is 14.6 Å². The lowest BCUT2D eigenvalue weighted by Gasteiger charge is -2.46. The summed E-state index contributed by atoms with van der Waals surface area (Å²) in [6.07, 6.45) is -0.161. The number of aliphatic hydroxyl groups is 1. The van der Waals surface area contributed by atoms with E-state index in [0.717, 1.165) is 5.56 Å². The summed E-state index contributed by atoms with van der Waals surface area (Å²) in [5.41, 5.74) is 1.12. The molecule has 1 aliphatic carbocycles. The van der Waals surface area contributed by atoms with Gasteiger partial charge in [0.05, 0.1) is 16.2 Å². The lowest BCUT2D eigenvalue weighted by atomic mass is 9.74. The van der Waals surface area contributed by atoms with Crippen LogP contribution in [0.5, 0.6) is 0 Å². The quantitative estimate of drug-likeness (QED) is 0.858. The number of rotatable bonds is 4. The highest BCUT2D eigenvalue weighted by Gasteiger charge is 2.52. The van der Waals surface area contributed by atoms with Crippen LogP contribution in [-0.2, 0) is 15.9 Å². The molecule has 0 radical (unpaired) electrons. The smallest absolute Gasteiger partial charge is 0.209 e. The predicted molar refractivity (Wildman–Crippen MR) is 84.3 cm³/mol. The number of benzene rings is 1. The standard InChI is InChI=1S/C16H20Cl2O3/c1-10-12(9-11-7-5-4-6-8-11)14(19)13(17)15(18)16(10,20-2)21-3/h4-8,10,12,14,19H,9H2,1-3H3. The van der Waals surface area contributed by atoms with Crippen molar-refractivity contribution < 1.29 is 14.6 Å². The number of aliphatic hydroxyl groups excluding tert-OH is 1. The Morgan fingerprint density at radius 1 is 1.14 bits per heavy atom. The summed E-state index contributed by atoms with van der Waals surface area (Å²) in [5, 5.41) is 10.9. The summed E-state index contributed by atoms with van der Waals surface area (Å²) in [5.74, 6) is -1.42. The number of hydrogen-bond donors (Lipinski definition) is 1. The summed E-state index contributed by atoms with van der Waals surface area (Å²) < 4.78 is 11.1. The van der Waals surface area contributed by atoms with E-state index in [4.69, 9.17) is 32.7 Å². The third kappa shape index (κ3) is 2.86. The Bertz CT molecular complexity index is 512. The fourth-order valence-electron chi connectivity index (χ4n) is 3.05. The monoisotopic (exact) mass is 330 g/mol. The normalized spacial score (nSPS) is 28.8. The van der Waals surface area contributed by atoms with E-state index in [-0.39, 0.29) is 21.9 Å². The Labute approximate surface area is 135 Å². The second-order valence-corrected chi connectivity index (χ2v) is 6.11. The van der Waals surface area contributed by atoms with Crippen LogP contribution in [0.1, 0.15) is 12.5 Å². The minimum absolute atomic E-state index is 0.151. The fourth-order valence-corrected chi connectivity index (χ4v) is 3.78. The first-order valence-corrected chi connectivity index (χ1v) is 7.61. The van der Waals surface area contributed by atoms with Crippen molar-refractivity contribution in [3.05, 3.63) is 46.0 Å². The zero-order valence-corrected chi connectivity index (χ0v) is 13.9. The molecule has 5 heteroatoms. The van der Waals surface area contributed by atoms with Gasteiger partial charge in [0.2, 0.25) is 5.79 Å². The molecule has 1 aromatic rings. The van der Waals surface area contributed by atoms with Gasteiger partial charge in [0.15, 0.2) is 0 Å². The molecular weight excluding hydrogens is 311 g/mol. The molecule has 3 atom stereocenters. The Morgan fingerprint density at radius 2 is 1.71 bits per heavy atom. The zero-order valence-electron chi connectivity index (χ0n) is 12.3. The molecule has 0 aliphatic heterocycles. The van der Waals surface area contributed by atoms with Crippen LogP contribution in [-0.4, -0.2) is 31.2 Å². The van der Waals surface area contributed by atoms with Gasteiger partial charge >= 0.3 is 0 Å². The molecule has 0 spiro atoms. The van der Waals surface area contributed by atoms with Crippen molar-refractivity contribution in [2.75, 3.05) is 14.2 Å². The van der Waals surface area contributed by atoms with Crippen molar-refractivity contribution in [1.82, 2.24) is 0 Å². The Balaban J connectivity index is 2.39. The molecule has 1 N–H and O–H groups in total. The Hall–Kier alpha value is -0.580. The molecule has 0 saturated heterocycles. The van der Waals surface area contributed by atoms with Gasteiger partial charge in [0.1, 0.15) is 0 Å². The lowest BCUT2D eigenvalue weighted by molar-refractivity contribution is -0.226. The van der Waals surface area contributed by atoms with Gasteiger partial charge in [-0.05, 0) is 12.0 Å². The summed E-state index contributed by atoms with van der Waals surface area (Å²) in [6.45, 7) is 1.95. The minimum Gasteiger partial charge on any atom is -0.387 e. The SMILES string of the molecule is COC1(OC)C(Cl)=C(Cl)C(O)C(Cc2ccccc2)C1C. The molecule has 1 aliphatic rings. The van der Waals surface area contributed by atoms with Crippen molar-refractivity contribution in [1.29, 1.82) is 0 Å². The van der Waals surface area contributed by atoms with E-state index in [0.29, 0.717) is 6.42 Å². The van der Waals surface area contributed by atoms with Crippen LogP contribution in [0.2, 0.25) is 0 Å². The third-order valence-corrected chi connectivity index (χ3v) is 5.32. The van der Waals surface area contributed by atoms with Crippen LogP contribution in [0.25, 0.3) is 0 Å². The molecule has 3 nitrogen and oxygen atoms in total. The second-order valence-electron chi connectivity index (χ2n) is 5.32. The van der Waals surface area contributed by atoms with Crippen LogP contribution in [0.15, 0.2) is 40.4 Å². The van der Waals surface area contributed by atoms with Gasteiger partial charge in [0.25, 0.3) is 0 Å². The van der Waals surface area contributed by atoms with Crippen molar-refractivity contribution in [3.8, 4) is 0 Å². The topological polar surface area (TPSA) is 38.7 Å². The summed E-state index contributed by atoms with van der Waals surface area (Å²) >= 11 is 12.5. The highest BCUT2D eigenvalue weighted by molar-refractivity contribution is 6.40. The van der Waals surface area contributed by atoms with E-state index in [1.54, 1.807) is 0 Å². The maximum atomic E-state index is 10.5. The first kappa shape index (κ1) is 16.8. The summed E-state index contributed by atoms with van der Waals surface area (Å²) in [4.78, 5) is 0. The molecular formula is C16H20Cl2O3. The van der Waals surface area contributed by atoms with Crippen molar-refractivity contribution >= 4 is 23.2 Å². The number of halogens is 2. The molecule has 0 aromatic heterocycles. The van der Waals surface area contributed by atoms with Crippen LogP contribution >= 0.6 is 23.2 Å². The Morgan fingerprint density at radius 3 is 2.24 bits per heavy atom. The average molecular weight is 331 g/mol.